The minimum atomic E-state index is 0.0124. The normalized spacial score (nSPS) is 17.2. The van der Waals surface area contributed by atoms with Crippen molar-refractivity contribution in [1.29, 1.82) is 5.41 Å². The first-order valence-electron chi connectivity index (χ1n) is 11.3. The van der Waals surface area contributed by atoms with Crippen LogP contribution in [0.4, 0.5) is 11.4 Å². The molecule has 0 atom stereocenters. The van der Waals surface area contributed by atoms with E-state index in [1.165, 1.54) is 24.9 Å². The van der Waals surface area contributed by atoms with Gasteiger partial charge in [-0.25, -0.2) is 4.98 Å². The fourth-order valence-corrected chi connectivity index (χ4v) is 4.53. The maximum absolute atomic E-state index is 10.8. The van der Waals surface area contributed by atoms with Crippen molar-refractivity contribution in [1.82, 2.24) is 9.97 Å². The van der Waals surface area contributed by atoms with Crippen LogP contribution in [0.15, 0.2) is 48.2 Å². The Morgan fingerprint density at radius 2 is 1.88 bits per heavy atom. The van der Waals surface area contributed by atoms with Crippen molar-refractivity contribution < 1.29 is 9.84 Å². The Hall–Kier alpha value is -3.48. The molecule has 1 fully saturated rings. The number of piperidine rings is 1. The number of fused-ring (bicyclic) bond motifs is 1. The van der Waals surface area contributed by atoms with E-state index in [0.29, 0.717) is 17.1 Å². The zero-order chi connectivity index (χ0) is 22.2. The van der Waals surface area contributed by atoms with Gasteiger partial charge in [-0.15, -0.1) is 0 Å². The third kappa shape index (κ3) is 3.68. The Labute approximate surface area is 187 Å². The second-order valence-electron chi connectivity index (χ2n) is 8.73. The first-order chi connectivity index (χ1) is 15.5. The molecule has 0 bridgehead atoms. The molecule has 5 rings (SSSR count). The first kappa shape index (κ1) is 20.4. The molecule has 2 aliphatic heterocycles. The molecule has 3 heterocycles. The van der Waals surface area contributed by atoms with Crippen LogP contribution >= 0.6 is 0 Å². The summed E-state index contributed by atoms with van der Waals surface area (Å²) in [6, 6.07) is 13.9. The molecule has 0 radical (unpaired) electrons. The molecule has 0 saturated carbocycles. The van der Waals surface area contributed by atoms with Gasteiger partial charge in [-0.05, 0) is 63.4 Å². The molecule has 0 amide bonds. The van der Waals surface area contributed by atoms with Crippen LogP contribution in [0.3, 0.4) is 0 Å². The number of nitrogens with zero attached hydrogens (tertiary/aromatic N) is 3. The van der Waals surface area contributed by atoms with Gasteiger partial charge in [-0.1, -0.05) is 12.1 Å². The molecule has 3 aromatic rings. The number of anilines is 2. The third-order valence-corrected chi connectivity index (χ3v) is 6.05. The van der Waals surface area contributed by atoms with Crippen molar-refractivity contribution in [2.45, 2.75) is 39.2 Å². The summed E-state index contributed by atoms with van der Waals surface area (Å²) < 4.78 is 5.93. The predicted molar refractivity (Wildman–Crippen MR) is 129 cm³/mol. The number of hydrogen-bond donors (Lipinski definition) is 3. The molecule has 3 N–H and O–H groups in total. The van der Waals surface area contributed by atoms with Crippen LogP contribution in [-0.2, 0) is 0 Å². The van der Waals surface area contributed by atoms with Crippen molar-refractivity contribution in [3.63, 3.8) is 0 Å². The van der Waals surface area contributed by atoms with Crippen LogP contribution in [0.1, 0.15) is 38.9 Å². The van der Waals surface area contributed by atoms with E-state index in [4.69, 9.17) is 15.1 Å². The van der Waals surface area contributed by atoms with Crippen molar-refractivity contribution in [3.05, 3.63) is 54.0 Å². The van der Waals surface area contributed by atoms with E-state index in [-0.39, 0.29) is 24.2 Å². The van der Waals surface area contributed by atoms with Crippen molar-refractivity contribution in [3.8, 4) is 5.75 Å². The highest BCUT2D eigenvalue weighted by molar-refractivity contribution is 6.30. The van der Waals surface area contributed by atoms with Gasteiger partial charge in [0.05, 0.1) is 34.9 Å². The first-order valence-corrected chi connectivity index (χ1v) is 11.3. The lowest BCUT2D eigenvalue weighted by Crippen LogP contribution is -2.29. The number of nitrogens with one attached hydrogen (secondary N) is 2. The van der Waals surface area contributed by atoms with E-state index in [0.717, 1.165) is 29.8 Å². The molecule has 0 spiro atoms. The Kier molecular flexibility index (Phi) is 5.25. The largest absolute Gasteiger partial charge is 0.509 e. The number of benzene rings is 2. The van der Waals surface area contributed by atoms with Crippen LogP contribution in [0.5, 0.6) is 5.75 Å². The van der Waals surface area contributed by atoms with Gasteiger partial charge in [-0.3, -0.25) is 5.41 Å². The Morgan fingerprint density at radius 3 is 2.66 bits per heavy atom. The van der Waals surface area contributed by atoms with E-state index in [2.05, 4.69) is 22.0 Å². The summed E-state index contributed by atoms with van der Waals surface area (Å²) in [5, 5.41) is 19.6. The second-order valence-corrected chi connectivity index (χ2v) is 8.73. The molecule has 1 aromatic heterocycles. The summed E-state index contributed by atoms with van der Waals surface area (Å²) in [4.78, 5) is 12.2. The van der Waals surface area contributed by atoms with Crippen molar-refractivity contribution >= 4 is 33.8 Å². The summed E-state index contributed by atoms with van der Waals surface area (Å²) in [5.41, 5.74) is 4.12. The van der Waals surface area contributed by atoms with E-state index in [1.807, 2.05) is 44.2 Å². The highest BCUT2D eigenvalue weighted by Crippen LogP contribution is 2.36. The van der Waals surface area contributed by atoms with Gasteiger partial charge < -0.3 is 24.6 Å². The van der Waals surface area contributed by atoms with Crippen LogP contribution in [-0.4, -0.2) is 46.6 Å². The number of ether oxygens (including phenoxy) is 1. The lowest BCUT2D eigenvalue weighted by molar-refractivity contribution is 0.243. The minimum Gasteiger partial charge on any atom is -0.509 e. The van der Waals surface area contributed by atoms with Crippen LogP contribution in [0.25, 0.3) is 16.6 Å². The molecule has 2 aromatic carbocycles. The monoisotopic (exact) mass is 431 g/mol. The highest BCUT2D eigenvalue weighted by Gasteiger charge is 2.33. The van der Waals surface area contributed by atoms with Gasteiger partial charge in [0.1, 0.15) is 23.2 Å². The summed E-state index contributed by atoms with van der Waals surface area (Å²) >= 11 is 0. The van der Waals surface area contributed by atoms with Gasteiger partial charge in [0, 0.05) is 18.8 Å². The van der Waals surface area contributed by atoms with E-state index >= 15 is 0 Å². The van der Waals surface area contributed by atoms with E-state index < -0.39 is 0 Å². The summed E-state index contributed by atoms with van der Waals surface area (Å²) in [6.45, 7) is 6.31. The summed E-state index contributed by atoms with van der Waals surface area (Å²) in [5.74, 6) is 1.54. The molecular formula is C25H29N5O2. The standard InChI is InChI=1S/C25H29N5O2/c1-16(2)32-22-9-5-4-8-20(22)30-15-21(31)23(24(30)26)25-27-18-11-10-17(14-19(18)28-25)29-12-6-3-7-13-29/h4-5,8-11,14,16,26,31H,3,6-7,12-13,15H2,1-2H3,(H,27,28). The number of hydrogen-bond acceptors (Lipinski definition) is 5. The fourth-order valence-electron chi connectivity index (χ4n) is 4.53. The second kappa shape index (κ2) is 8.22. The number of aliphatic hydroxyl groups is 1. The maximum Gasteiger partial charge on any atom is 0.145 e. The highest BCUT2D eigenvalue weighted by atomic mass is 16.5. The van der Waals surface area contributed by atoms with Crippen LogP contribution in [0.2, 0.25) is 0 Å². The molecule has 7 nitrogen and oxygen atoms in total. The quantitative estimate of drug-likeness (QED) is 0.523. The van der Waals surface area contributed by atoms with E-state index in [1.54, 1.807) is 4.90 Å². The zero-order valence-corrected chi connectivity index (χ0v) is 18.6. The number of aromatic amines is 1. The molecule has 32 heavy (non-hydrogen) atoms. The van der Waals surface area contributed by atoms with Gasteiger partial charge >= 0.3 is 0 Å². The molecule has 0 aliphatic carbocycles. The van der Waals surface area contributed by atoms with Gasteiger partial charge in [0.25, 0.3) is 0 Å². The number of para-hydroxylation sites is 2. The molecule has 0 unspecified atom stereocenters. The van der Waals surface area contributed by atoms with Crippen LogP contribution < -0.4 is 14.5 Å². The number of rotatable bonds is 5. The Morgan fingerprint density at radius 1 is 1.09 bits per heavy atom. The van der Waals surface area contributed by atoms with Crippen molar-refractivity contribution in [2.24, 2.45) is 0 Å². The Balaban J connectivity index is 1.45. The number of H-pyrrole nitrogens is 1. The SMILES string of the molecule is CC(C)Oc1ccccc1N1CC(O)=C(c2nc3ccc(N4CCCCC4)cc3[nH]2)C1=N. The zero-order valence-electron chi connectivity index (χ0n) is 18.6. The van der Waals surface area contributed by atoms with Gasteiger partial charge in [0.2, 0.25) is 0 Å². The maximum atomic E-state index is 10.8. The average Bonchev–Trinajstić information content (AvgIpc) is 3.33. The van der Waals surface area contributed by atoms with Crippen LogP contribution in [0, 0.1) is 5.41 Å². The molecule has 2 aliphatic rings. The number of imidazole rings is 1. The average molecular weight is 432 g/mol. The number of aromatic nitrogens is 2. The lowest BCUT2D eigenvalue weighted by atomic mass is 10.1. The summed E-state index contributed by atoms with van der Waals surface area (Å²) in [6.07, 6.45) is 3.76. The summed E-state index contributed by atoms with van der Waals surface area (Å²) in [7, 11) is 0. The van der Waals surface area contributed by atoms with Gasteiger partial charge in [-0.2, -0.15) is 0 Å². The van der Waals surface area contributed by atoms with Crippen molar-refractivity contribution in [2.75, 3.05) is 29.4 Å². The van der Waals surface area contributed by atoms with E-state index in [9.17, 15) is 5.11 Å². The Bertz CT molecular complexity index is 1190. The lowest BCUT2D eigenvalue weighted by Gasteiger charge is -2.28. The minimum absolute atomic E-state index is 0.0124. The van der Waals surface area contributed by atoms with Gasteiger partial charge in [0.15, 0.2) is 0 Å². The molecule has 7 heteroatoms. The number of amidine groups is 1. The third-order valence-electron chi connectivity index (χ3n) is 6.05. The number of aliphatic hydroxyl groups excluding tert-OH is 1. The topological polar surface area (TPSA) is 88.5 Å². The smallest absolute Gasteiger partial charge is 0.145 e. The molecular weight excluding hydrogens is 402 g/mol. The molecule has 166 valence electrons. The fraction of sp³-hybridized carbons (Fsp3) is 0.360. The molecule has 1 saturated heterocycles. The predicted octanol–water partition coefficient (Wildman–Crippen LogP) is 5.11.